The molecule has 21 heavy (non-hydrogen) atoms. The van der Waals surface area contributed by atoms with Crippen LogP contribution in [0.3, 0.4) is 0 Å². The highest BCUT2D eigenvalue weighted by atomic mass is 32.2. The first kappa shape index (κ1) is 16.2. The lowest BCUT2D eigenvalue weighted by molar-refractivity contribution is -0.139. The molecule has 2 N–H and O–H groups in total. The molecular weight excluding hydrogens is 288 g/mol. The summed E-state index contributed by atoms with van der Waals surface area (Å²) in [6.07, 6.45) is 6.63. The van der Waals surface area contributed by atoms with Crippen molar-refractivity contribution in [1.82, 2.24) is 0 Å². The Hall–Kier alpha value is -1.20. The van der Waals surface area contributed by atoms with Crippen molar-refractivity contribution in [2.24, 2.45) is 5.92 Å². The van der Waals surface area contributed by atoms with Crippen molar-refractivity contribution in [3.63, 3.8) is 0 Å². The highest BCUT2D eigenvalue weighted by Gasteiger charge is 2.25. The number of hydrogen-bond donors (Lipinski definition) is 2. The van der Waals surface area contributed by atoms with Crippen LogP contribution in [0.4, 0.5) is 0 Å². The molecule has 0 amide bonds. The fourth-order valence-corrected chi connectivity index (χ4v) is 3.60. The second-order valence-electron chi connectivity index (χ2n) is 5.84. The van der Waals surface area contributed by atoms with E-state index >= 15 is 0 Å². The van der Waals surface area contributed by atoms with Gasteiger partial charge in [0, 0.05) is 0 Å². The van der Waals surface area contributed by atoms with Crippen LogP contribution in [0.2, 0.25) is 0 Å². The molecule has 116 valence electrons. The van der Waals surface area contributed by atoms with Gasteiger partial charge in [0.05, 0.1) is 11.7 Å². The van der Waals surface area contributed by atoms with E-state index in [4.69, 9.17) is 4.55 Å². The van der Waals surface area contributed by atoms with E-state index in [0.29, 0.717) is 12.3 Å². The SMILES string of the molecule is O=C(O)C(CC1CCCCC1)c1ccc(CS(=O)O)cc1. The Labute approximate surface area is 127 Å². The van der Waals surface area contributed by atoms with Crippen molar-refractivity contribution >= 4 is 17.0 Å². The van der Waals surface area contributed by atoms with Crippen molar-refractivity contribution in [1.29, 1.82) is 0 Å². The molecule has 0 saturated heterocycles. The molecule has 0 bridgehead atoms. The minimum atomic E-state index is -1.86. The lowest BCUT2D eigenvalue weighted by Crippen LogP contribution is -2.18. The van der Waals surface area contributed by atoms with Gasteiger partial charge in [-0.2, -0.15) is 0 Å². The Morgan fingerprint density at radius 2 is 1.81 bits per heavy atom. The van der Waals surface area contributed by atoms with Gasteiger partial charge in [0.15, 0.2) is 11.1 Å². The zero-order chi connectivity index (χ0) is 15.2. The molecule has 1 fully saturated rings. The van der Waals surface area contributed by atoms with Gasteiger partial charge in [-0.1, -0.05) is 56.4 Å². The zero-order valence-corrected chi connectivity index (χ0v) is 12.8. The molecule has 1 aliphatic carbocycles. The van der Waals surface area contributed by atoms with E-state index in [1.54, 1.807) is 24.3 Å². The Balaban J connectivity index is 2.06. The first-order valence-corrected chi connectivity index (χ1v) is 8.73. The maximum atomic E-state index is 11.5. The number of aliphatic carboxylic acids is 1. The summed E-state index contributed by atoms with van der Waals surface area (Å²) in [6, 6.07) is 7.06. The average Bonchev–Trinajstić information content (AvgIpc) is 2.46. The minimum absolute atomic E-state index is 0.0840. The van der Waals surface area contributed by atoms with Crippen LogP contribution in [0.25, 0.3) is 0 Å². The van der Waals surface area contributed by atoms with Crippen molar-refractivity contribution < 1.29 is 18.7 Å². The lowest BCUT2D eigenvalue weighted by atomic mass is 9.80. The second kappa shape index (κ2) is 7.71. The Morgan fingerprint density at radius 1 is 1.19 bits per heavy atom. The van der Waals surface area contributed by atoms with Gasteiger partial charge in [0.25, 0.3) is 0 Å². The predicted octanol–water partition coefficient (Wildman–Crippen LogP) is 3.55. The second-order valence-corrected chi connectivity index (χ2v) is 6.77. The van der Waals surface area contributed by atoms with Gasteiger partial charge in [-0.25, -0.2) is 4.21 Å². The molecule has 5 heteroatoms. The minimum Gasteiger partial charge on any atom is -0.481 e. The van der Waals surface area contributed by atoms with Crippen molar-refractivity contribution in [3.8, 4) is 0 Å². The number of hydrogen-bond acceptors (Lipinski definition) is 2. The van der Waals surface area contributed by atoms with Crippen molar-refractivity contribution in [3.05, 3.63) is 35.4 Å². The summed E-state index contributed by atoms with van der Waals surface area (Å²) in [6.45, 7) is 0. The molecule has 2 rings (SSSR count). The van der Waals surface area contributed by atoms with Crippen LogP contribution in [-0.4, -0.2) is 19.8 Å². The Kier molecular flexibility index (Phi) is 5.94. The van der Waals surface area contributed by atoms with Crippen molar-refractivity contribution in [2.75, 3.05) is 0 Å². The number of benzene rings is 1. The predicted molar refractivity (Wildman–Crippen MR) is 82.5 cm³/mol. The van der Waals surface area contributed by atoms with E-state index in [1.807, 2.05) is 0 Å². The maximum Gasteiger partial charge on any atom is 0.310 e. The Bertz CT molecular complexity index is 492. The van der Waals surface area contributed by atoms with E-state index in [-0.39, 0.29) is 5.75 Å². The maximum absolute atomic E-state index is 11.5. The highest BCUT2D eigenvalue weighted by molar-refractivity contribution is 7.78. The molecule has 2 unspecified atom stereocenters. The summed E-state index contributed by atoms with van der Waals surface area (Å²) in [5, 5.41) is 9.48. The van der Waals surface area contributed by atoms with Gasteiger partial charge in [0.2, 0.25) is 0 Å². The summed E-state index contributed by atoms with van der Waals surface area (Å²) in [5.74, 6) is -0.661. The largest absolute Gasteiger partial charge is 0.481 e. The van der Waals surface area contributed by atoms with Gasteiger partial charge < -0.3 is 9.66 Å². The van der Waals surface area contributed by atoms with Crippen LogP contribution in [-0.2, 0) is 21.6 Å². The fourth-order valence-electron chi connectivity index (χ4n) is 3.12. The molecule has 0 aliphatic heterocycles. The van der Waals surface area contributed by atoms with Crippen LogP contribution < -0.4 is 0 Å². The lowest BCUT2D eigenvalue weighted by Gasteiger charge is -2.24. The molecule has 1 saturated carbocycles. The topological polar surface area (TPSA) is 74.6 Å². The normalized spacial score (nSPS) is 19.1. The molecule has 0 radical (unpaired) electrons. The molecular formula is C16H22O4S. The monoisotopic (exact) mass is 310 g/mol. The van der Waals surface area contributed by atoms with Gasteiger partial charge in [0.1, 0.15) is 0 Å². The number of rotatable bonds is 6. The fraction of sp³-hybridized carbons (Fsp3) is 0.562. The van der Waals surface area contributed by atoms with Crippen LogP contribution in [0.15, 0.2) is 24.3 Å². The summed E-state index contributed by atoms with van der Waals surface area (Å²) < 4.78 is 19.6. The van der Waals surface area contributed by atoms with Gasteiger partial charge in [-0.15, -0.1) is 0 Å². The molecule has 4 nitrogen and oxygen atoms in total. The molecule has 2 atom stereocenters. The third-order valence-electron chi connectivity index (χ3n) is 4.26. The quantitative estimate of drug-likeness (QED) is 0.788. The summed E-state index contributed by atoms with van der Waals surface area (Å²) in [7, 11) is 0. The van der Waals surface area contributed by atoms with E-state index in [9.17, 15) is 14.1 Å². The van der Waals surface area contributed by atoms with E-state index < -0.39 is 23.0 Å². The van der Waals surface area contributed by atoms with Gasteiger partial charge in [-0.05, 0) is 23.5 Å². The number of carbonyl (C=O) groups is 1. The van der Waals surface area contributed by atoms with Crippen LogP contribution in [0.5, 0.6) is 0 Å². The van der Waals surface area contributed by atoms with E-state index in [2.05, 4.69) is 0 Å². The third-order valence-corrected chi connectivity index (χ3v) is 4.84. The first-order valence-electron chi connectivity index (χ1n) is 7.45. The van der Waals surface area contributed by atoms with E-state index in [1.165, 1.54) is 19.3 Å². The molecule has 0 aromatic heterocycles. The first-order chi connectivity index (χ1) is 10.1. The molecule has 1 aliphatic rings. The van der Waals surface area contributed by atoms with Crippen LogP contribution in [0.1, 0.15) is 55.6 Å². The molecule has 0 heterocycles. The average molecular weight is 310 g/mol. The van der Waals surface area contributed by atoms with Gasteiger partial charge in [-0.3, -0.25) is 4.79 Å². The highest BCUT2D eigenvalue weighted by Crippen LogP contribution is 2.33. The van der Waals surface area contributed by atoms with Crippen molar-refractivity contribution in [2.45, 2.75) is 50.2 Å². The zero-order valence-electron chi connectivity index (χ0n) is 12.0. The Morgan fingerprint density at radius 3 is 2.33 bits per heavy atom. The van der Waals surface area contributed by atoms with Gasteiger partial charge >= 0.3 is 5.97 Å². The summed E-state index contributed by atoms with van der Waals surface area (Å²) >= 11 is -1.86. The molecule has 1 aromatic carbocycles. The standard InChI is InChI=1S/C16H22O4S/c17-16(18)15(10-12-4-2-1-3-5-12)14-8-6-13(7-9-14)11-21(19)20/h6-9,12,15H,1-5,10-11H2,(H,17,18)(H,19,20). The summed E-state index contributed by atoms with van der Waals surface area (Å²) in [5.41, 5.74) is 1.54. The smallest absolute Gasteiger partial charge is 0.310 e. The van der Waals surface area contributed by atoms with Crippen LogP contribution >= 0.6 is 0 Å². The molecule has 1 aromatic rings. The number of carboxylic acids is 1. The van der Waals surface area contributed by atoms with E-state index in [0.717, 1.165) is 24.0 Å². The summed E-state index contributed by atoms with van der Waals surface area (Å²) in [4.78, 5) is 11.5. The molecule has 0 spiro atoms. The third kappa shape index (κ3) is 4.93. The number of carboxylic acid groups (broad SMARTS) is 1. The van der Waals surface area contributed by atoms with Crippen LogP contribution in [0, 0.1) is 5.92 Å².